The Bertz CT molecular complexity index is 253. The molecule has 98 valence electrons. The van der Waals surface area contributed by atoms with E-state index < -0.39 is 0 Å². The zero-order valence-electron chi connectivity index (χ0n) is 10.8. The summed E-state index contributed by atoms with van der Waals surface area (Å²) in [5, 5.41) is 3.12. The van der Waals surface area contributed by atoms with Gasteiger partial charge in [0.1, 0.15) is 0 Å². The van der Waals surface area contributed by atoms with Gasteiger partial charge in [0, 0.05) is 13.1 Å². The van der Waals surface area contributed by atoms with E-state index in [1.807, 2.05) is 0 Å². The van der Waals surface area contributed by atoms with Crippen LogP contribution in [0.2, 0.25) is 0 Å². The van der Waals surface area contributed by atoms with Gasteiger partial charge in [-0.25, -0.2) is 0 Å². The molecule has 0 aromatic heterocycles. The molecule has 0 heterocycles. The van der Waals surface area contributed by atoms with Gasteiger partial charge >= 0.3 is 0 Å². The number of amides is 1. The minimum Gasteiger partial charge on any atom is -0.356 e. The zero-order valence-corrected chi connectivity index (χ0v) is 10.8. The van der Waals surface area contributed by atoms with Crippen LogP contribution >= 0.6 is 0 Å². The normalized spacial score (nSPS) is 24.1. The Labute approximate surface area is 105 Å². The van der Waals surface area contributed by atoms with E-state index in [1.165, 1.54) is 25.7 Å². The molecule has 0 spiro atoms. The first-order valence-electron chi connectivity index (χ1n) is 7.25. The number of hydrogen-bond acceptors (Lipinski definition) is 2. The van der Waals surface area contributed by atoms with E-state index >= 15 is 0 Å². The van der Waals surface area contributed by atoms with E-state index in [2.05, 4.69) is 5.32 Å². The van der Waals surface area contributed by atoms with Crippen LogP contribution in [-0.2, 0) is 4.79 Å². The molecule has 3 N–H and O–H groups in total. The molecule has 0 aromatic rings. The summed E-state index contributed by atoms with van der Waals surface area (Å²) < 4.78 is 0. The second-order valence-electron chi connectivity index (χ2n) is 5.89. The molecule has 3 heteroatoms. The van der Waals surface area contributed by atoms with Gasteiger partial charge < -0.3 is 11.1 Å². The lowest BCUT2D eigenvalue weighted by Gasteiger charge is -2.26. The third-order valence-corrected chi connectivity index (χ3v) is 4.75. The highest BCUT2D eigenvalue weighted by molar-refractivity contribution is 5.83. The lowest BCUT2D eigenvalue weighted by molar-refractivity contribution is -0.130. The van der Waals surface area contributed by atoms with Crippen molar-refractivity contribution >= 4 is 5.91 Å². The Morgan fingerprint density at radius 1 is 1.18 bits per heavy atom. The Morgan fingerprint density at radius 3 is 2.41 bits per heavy atom. The number of hydrogen-bond donors (Lipinski definition) is 2. The van der Waals surface area contributed by atoms with E-state index in [9.17, 15) is 4.79 Å². The molecular formula is C14H26N2O. The molecule has 1 amide bonds. The molecule has 17 heavy (non-hydrogen) atoms. The van der Waals surface area contributed by atoms with Crippen molar-refractivity contribution in [2.75, 3.05) is 13.1 Å². The molecule has 0 aliphatic heterocycles. The molecule has 2 saturated carbocycles. The lowest BCUT2D eigenvalue weighted by atomic mass is 9.85. The van der Waals surface area contributed by atoms with E-state index in [-0.39, 0.29) is 11.3 Å². The van der Waals surface area contributed by atoms with Gasteiger partial charge in [0.25, 0.3) is 0 Å². The van der Waals surface area contributed by atoms with E-state index in [1.54, 1.807) is 0 Å². The quantitative estimate of drug-likeness (QED) is 0.771. The van der Waals surface area contributed by atoms with Crippen LogP contribution < -0.4 is 11.1 Å². The molecule has 2 aliphatic carbocycles. The largest absolute Gasteiger partial charge is 0.356 e. The standard InChI is InChI=1S/C14H26N2O/c15-11-14(8-3-4-9-14)13(17)16-10-7-12-5-1-2-6-12/h12H,1-11,15H2,(H,16,17). The molecular weight excluding hydrogens is 212 g/mol. The highest BCUT2D eigenvalue weighted by Crippen LogP contribution is 2.37. The van der Waals surface area contributed by atoms with Gasteiger partial charge in [-0.3, -0.25) is 4.79 Å². The maximum Gasteiger partial charge on any atom is 0.227 e. The molecule has 0 bridgehead atoms. The second kappa shape index (κ2) is 5.85. The summed E-state index contributed by atoms with van der Waals surface area (Å²) in [5.41, 5.74) is 5.58. The summed E-state index contributed by atoms with van der Waals surface area (Å²) in [6, 6.07) is 0. The van der Waals surface area contributed by atoms with Crippen LogP contribution in [0.25, 0.3) is 0 Å². The molecule has 0 unspecified atom stereocenters. The predicted octanol–water partition coefficient (Wildman–Crippen LogP) is 2.20. The Balaban J connectivity index is 1.72. The molecule has 0 aromatic carbocycles. The van der Waals surface area contributed by atoms with Crippen LogP contribution in [0.4, 0.5) is 0 Å². The molecule has 2 rings (SSSR count). The SMILES string of the molecule is NCC1(C(=O)NCCC2CCCC2)CCCC1. The van der Waals surface area contributed by atoms with Crippen molar-refractivity contribution in [3.63, 3.8) is 0 Å². The Kier molecular flexibility index (Phi) is 4.43. The van der Waals surface area contributed by atoms with Crippen molar-refractivity contribution in [2.24, 2.45) is 17.1 Å². The van der Waals surface area contributed by atoms with Gasteiger partial charge in [0.15, 0.2) is 0 Å². The summed E-state index contributed by atoms with van der Waals surface area (Å²) >= 11 is 0. The van der Waals surface area contributed by atoms with Crippen LogP contribution in [0.15, 0.2) is 0 Å². The minimum atomic E-state index is -0.227. The maximum atomic E-state index is 12.2. The molecule has 0 atom stereocenters. The van der Waals surface area contributed by atoms with Gasteiger partial charge in [-0.15, -0.1) is 0 Å². The highest BCUT2D eigenvalue weighted by Gasteiger charge is 2.39. The Morgan fingerprint density at radius 2 is 1.82 bits per heavy atom. The van der Waals surface area contributed by atoms with Crippen molar-refractivity contribution in [3.05, 3.63) is 0 Å². The van der Waals surface area contributed by atoms with Crippen molar-refractivity contribution < 1.29 is 4.79 Å². The summed E-state index contributed by atoms with van der Waals surface area (Å²) in [7, 11) is 0. The van der Waals surface area contributed by atoms with E-state index in [4.69, 9.17) is 5.73 Å². The molecule has 0 saturated heterocycles. The van der Waals surface area contributed by atoms with Crippen LogP contribution in [0.3, 0.4) is 0 Å². The fourth-order valence-electron chi connectivity index (χ4n) is 3.45. The number of rotatable bonds is 5. The van der Waals surface area contributed by atoms with Gasteiger partial charge in [0.2, 0.25) is 5.91 Å². The summed E-state index contributed by atoms with van der Waals surface area (Å²) in [6.07, 6.45) is 10.9. The first-order valence-corrected chi connectivity index (χ1v) is 7.25. The summed E-state index contributed by atoms with van der Waals surface area (Å²) in [4.78, 5) is 12.2. The monoisotopic (exact) mass is 238 g/mol. The molecule has 3 nitrogen and oxygen atoms in total. The Hall–Kier alpha value is -0.570. The van der Waals surface area contributed by atoms with Gasteiger partial charge in [-0.1, -0.05) is 38.5 Å². The first-order chi connectivity index (χ1) is 8.27. The summed E-state index contributed by atoms with van der Waals surface area (Å²) in [6.45, 7) is 1.37. The number of nitrogens with two attached hydrogens (primary N) is 1. The number of nitrogens with one attached hydrogen (secondary N) is 1. The van der Waals surface area contributed by atoms with Crippen LogP contribution in [0, 0.1) is 11.3 Å². The minimum absolute atomic E-state index is 0.218. The highest BCUT2D eigenvalue weighted by atomic mass is 16.2. The predicted molar refractivity (Wildman–Crippen MR) is 69.5 cm³/mol. The van der Waals surface area contributed by atoms with E-state index in [0.717, 1.165) is 44.6 Å². The lowest BCUT2D eigenvalue weighted by Crippen LogP contribution is -2.44. The van der Waals surface area contributed by atoms with Gasteiger partial charge in [0.05, 0.1) is 5.41 Å². The number of carbonyl (C=O) groups is 1. The summed E-state index contributed by atoms with van der Waals surface area (Å²) in [5.74, 6) is 1.07. The van der Waals surface area contributed by atoms with Crippen molar-refractivity contribution in [3.8, 4) is 0 Å². The average molecular weight is 238 g/mol. The first kappa shape index (κ1) is 12.9. The van der Waals surface area contributed by atoms with Crippen molar-refractivity contribution in [2.45, 2.75) is 57.8 Å². The van der Waals surface area contributed by atoms with Crippen molar-refractivity contribution in [1.82, 2.24) is 5.32 Å². The van der Waals surface area contributed by atoms with Gasteiger partial charge in [-0.05, 0) is 25.2 Å². The van der Waals surface area contributed by atoms with Gasteiger partial charge in [-0.2, -0.15) is 0 Å². The van der Waals surface area contributed by atoms with Crippen LogP contribution in [-0.4, -0.2) is 19.0 Å². The third kappa shape index (κ3) is 3.01. The second-order valence-corrected chi connectivity index (χ2v) is 5.89. The zero-order chi connectivity index (χ0) is 12.1. The molecule has 0 radical (unpaired) electrons. The van der Waals surface area contributed by atoms with Crippen LogP contribution in [0.5, 0.6) is 0 Å². The third-order valence-electron chi connectivity index (χ3n) is 4.75. The molecule has 2 fully saturated rings. The molecule has 2 aliphatic rings. The fourth-order valence-corrected chi connectivity index (χ4v) is 3.45. The van der Waals surface area contributed by atoms with Crippen LogP contribution in [0.1, 0.15) is 57.8 Å². The fraction of sp³-hybridized carbons (Fsp3) is 0.929. The number of carbonyl (C=O) groups excluding carboxylic acids is 1. The average Bonchev–Trinajstić information content (AvgIpc) is 3.00. The van der Waals surface area contributed by atoms with Crippen molar-refractivity contribution in [1.29, 1.82) is 0 Å². The van der Waals surface area contributed by atoms with E-state index in [0.29, 0.717) is 6.54 Å². The maximum absolute atomic E-state index is 12.2. The smallest absolute Gasteiger partial charge is 0.227 e. The topological polar surface area (TPSA) is 55.1 Å².